The smallest absolute Gasteiger partial charge is 0.322 e. The maximum atomic E-state index is 12.3. The number of ether oxygens (including phenoxy) is 6. The molecule has 0 bridgehead atoms. The molecule has 26 heavy (non-hydrogen) atoms. The lowest BCUT2D eigenvalue weighted by Gasteiger charge is -2.20. The van der Waals surface area contributed by atoms with Crippen LogP contribution in [-0.4, -0.2) is 53.5 Å². The number of hydrogen-bond acceptors (Lipinski definition) is 9. The second-order valence-corrected chi connectivity index (χ2v) is 5.37. The van der Waals surface area contributed by atoms with Crippen LogP contribution in [0.3, 0.4) is 0 Å². The molecule has 3 atom stereocenters. The van der Waals surface area contributed by atoms with Gasteiger partial charge in [-0.1, -0.05) is 0 Å². The molecule has 1 aromatic carbocycles. The minimum atomic E-state index is -1.42. The molecule has 1 fully saturated rings. The second kappa shape index (κ2) is 7.94. The topological polar surface area (TPSA) is 107 Å². The first-order valence-corrected chi connectivity index (χ1v) is 7.59. The van der Waals surface area contributed by atoms with Crippen LogP contribution in [0.15, 0.2) is 12.1 Å². The standard InChI is InChI=1S/C17H20O9/c1-21-9-6-8(7-10(22-2)14(9)23-3)13-11(15(18)24-4)12(16(19)25-5)17(20)26-13/h6-7,11-13H,1-5H3/t11?,12-,13-/m0/s1. The first kappa shape index (κ1) is 19.4. The van der Waals surface area contributed by atoms with Crippen molar-refractivity contribution in [2.75, 3.05) is 35.5 Å². The zero-order valence-electron chi connectivity index (χ0n) is 15.1. The Hall–Kier alpha value is -2.97. The molecule has 1 heterocycles. The van der Waals surface area contributed by atoms with Crippen LogP contribution in [0.4, 0.5) is 0 Å². The van der Waals surface area contributed by atoms with E-state index in [9.17, 15) is 14.4 Å². The zero-order chi connectivity index (χ0) is 19.4. The molecule has 9 heteroatoms. The number of carbonyl (C=O) groups is 3. The van der Waals surface area contributed by atoms with Crippen molar-refractivity contribution in [1.82, 2.24) is 0 Å². The first-order valence-electron chi connectivity index (χ1n) is 7.59. The van der Waals surface area contributed by atoms with E-state index in [0.717, 1.165) is 14.2 Å². The third-order valence-electron chi connectivity index (χ3n) is 4.13. The van der Waals surface area contributed by atoms with Crippen molar-refractivity contribution >= 4 is 17.9 Å². The minimum Gasteiger partial charge on any atom is -0.493 e. The molecule has 1 unspecified atom stereocenters. The van der Waals surface area contributed by atoms with E-state index < -0.39 is 35.8 Å². The fourth-order valence-electron chi connectivity index (χ4n) is 2.90. The third kappa shape index (κ3) is 3.24. The van der Waals surface area contributed by atoms with Gasteiger partial charge in [0.05, 0.1) is 35.5 Å². The Bertz CT molecular complexity index is 687. The molecule has 2 rings (SSSR count). The van der Waals surface area contributed by atoms with Gasteiger partial charge in [0.25, 0.3) is 0 Å². The number of methoxy groups -OCH3 is 5. The highest BCUT2D eigenvalue weighted by molar-refractivity contribution is 6.01. The normalized spacial score (nSPS) is 21.6. The summed E-state index contributed by atoms with van der Waals surface area (Å²) in [6.07, 6.45) is -1.08. The Morgan fingerprint density at radius 3 is 1.85 bits per heavy atom. The summed E-state index contributed by atoms with van der Waals surface area (Å²) in [5.41, 5.74) is 0.384. The molecule has 0 amide bonds. The van der Waals surface area contributed by atoms with Crippen molar-refractivity contribution in [1.29, 1.82) is 0 Å². The van der Waals surface area contributed by atoms with E-state index in [-0.39, 0.29) is 0 Å². The van der Waals surface area contributed by atoms with Gasteiger partial charge in [-0.2, -0.15) is 0 Å². The predicted octanol–water partition coefficient (Wildman–Crippen LogP) is 0.889. The molecule has 1 saturated heterocycles. The summed E-state index contributed by atoms with van der Waals surface area (Å²) in [5, 5.41) is 0. The number of cyclic esters (lactones) is 1. The fourth-order valence-corrected chi connectivity index (χ4v) is 2.90. The minimum absolute atomic E-state index is 0.308. The van der Waals surface area contributed by atoms with Crippen molar-refractivity contribution in [2.45, 2.75) is 6.10 Å². The number of benzene rings is 1. The molecule has 0 aliphatic carbocycles. The van der Waals surface area contributed by atoms with E-state index in [2.05, 4.69) is 4.74 Å². The maximum Gasteiger partial charge on any atom is 0.322 e. The van der Waals surface area contributed by atoms with Crippen LogP contribution in [0.5, 0.6) is 17.2 Å². The van der Waals surface area contributed by atoms with Gasteiger partial charge in [-0.25, -0.2) is 0 Å². The van der Waals surface area contributed by atoms with Gasteiger partial charge in [0.15, 0.2) is 17.4 Å². The highest BCUT2D eigenvalue weighted by Gasteiger charge is 2.54. The average molecular weight is 368 g/mol. The lowest BCUT2D eigenvalue weighted by atomic mass is 9.87. The van der Waals surface area contributed by atoms with Crippen LogP contribution in [-0.2, 0) is 28.6 Å². The summed E-state index contributed by atoms with van der Waals surface area (Å²) in [5.74, 6) is -4.19. The Morgan fingerprint density at radius 1 is 0.885 bits per heavy atom. The van der Waals surface area contributed by atoms with Crippen molar-refractivity contribution in [3.8, 4) is 17.2 Å². The van der Waals surface area contributed by atoms with Gasteiger partial charge in [0.2, 0.25) is 5.75 Å². The SMILES string of the molecule is COC(=O)C1[C@@H](C(=O)OC)C(=O)O[C@H]1c1cc(OC)c(OC)c(OC)c1. The van der Waals surface area contributed by atoms with Crippen molar-refractivity contribution < 1.29 is 42.8 Å². The molecule has 9 nitrogen and oxygen atoms in total. The van der Waals surface area contributed by atoms with Gasteiger partial charge in [-0.3, -0.25) is 14.4 Å². The molecule has 0 N–H and O–H groups in total. The van der Waals surface area contributed by atoms with E-state index in [0.29, 0.717) is 22.8 Å². The molecule has 0 radical (unpaired) electrons. The Kier molecular flexibility index (Phi) is 5.91. The van der Waals surface area contributed by atoms with Crippen LogP contribution in [0, 0.1) is 11.8 Å². The van der Waals surface area contributed by atoms with Crippen LogP contribution < -0.4 is 14.2 Å². The van der Waals surface area contributed by atoms with Gasteiger partial charge in [0, 0.05) is 5.56 Å². The van der Waals surface area contributed by atoms with E-state index in [1.165, 1.54) is 33.5 Å². The van der Waals surface area contributed by atoms with Crippen LogP contribution in [0.2, 0.25) is 0 Å². The van der Waals surface area contributed by atoms with Crippen molar-refractivity contribution in [3.63, 3.8) is 0 Å². The van der Waals surface area contributed by atoms with E-state index in [1.807, 2.05) is 0 Å². The predicted molar refractivity (Wildman–Crippen MR) is 85.9 cm³/mol. The molecule has 142 valence electrons. The summed E-state index contributed by atoms with van der Waals surface area (Å²) in [7, 11) is 6.58. The molecule has 0 aromatic heterocycles. The summed E-state index contributed by atoms with van der Waals surface area (Å²) in [6.45, 7) is 0. The van der Waals surface area contributed by atoms with Gasteiger partial charge >= 0.3 is 17.9 Å². The van der Waals surface area contributed by atoms with Crippen LogP contribution >= 0.6 is 0 Å². The molecular formula is C17H20O9. The van der Waals surface area contributed by atoms with Gasteiger partial charge in [-0.15, -0.1) is 0 Å². The second-order valence-electron chi connectivity index (χ2n) is 5.37. The molecule has 1 aromatic rings. The Labute approximate surface area is 150 Å². The van der Waals surface area contributed by atoms with E-state index in [4.69, 9.17) is 23.7 Å². The highest BCUT2D eigenvalue weighted by Crippen LogP contribution is 2.46. The van der Waals surface area contributed by atoms with Crippen molar-refractivity contribution in [3.05, 3.63) is 17.7 Å². The Morgan fingerprint density at radius 2 is 1.42 bits per heavy atom. The summed E-state index contributed by atoms with van der Waals surface area (Å²) in [4.78, 5) is 36.4. The summed E-state index contributed by atoms with van der Waals surface area (Å²) >= 11 is 0. The Balaban J connectivity index is 2.56. The van der Waals surface area contributed by atoms with E-state index >= 15 is 0 Å². The quantitative estimate of drug-likeness (QED) is 0.411. The largest absolute Gasteiger partial charge is 0.493 e. The third-order valence-corrected chi connectivity index (χ3v) is 4.13. The van der Waals surface area contributed by atoms with Gasteiger partial charge in [0.1, 0.15) is 12.0 Å². The molecule has 1 aliphatic rings. The van der Waals surface area contributed by atoms with Gasteiger partial charge < -0.3 is 28.4 Å². The molecular weight excluding hydrogens is 348 g/mol. The van der Waals surface area contributed by atoms with Crippen molar-refractivity contribution in [2.24, 2.45) is 11.8 Å². The lowest BCUT2D eigenvalue weighted by Crippen LogP contribution is -2.33. The van der Waals surface area contributed by atoms with Crippen LogP contribution in [0.1, 0.15) is 11.7 Å². The zero-order valence-corrected chi connectivity index (χ0v) is 15.1. The summed E-state index contributed by atoms with van der Waals surface area (Å²) < 4.78 is 30.5. The first-order chi connectivity index (χ1) is 12.4. The average Bonchev–Trinajstić information content (AvgIpc) is 3.02. The molecule has 0 saturated carbocycles. The monoisotopic (exact) mass is 368 g/mol. The lowest BCUT2D eigenvalue weighted by molar-refractivity contribution is -0.159. The van der Waals surface area contributed by atoms with E-state index in [1.54, 1.807) is 0 Å². The molecule has 1 aliphatic heterocycles. The number of rotatable bonds is 6. The fraction of sp³-hybridized carbons (Fsp3) is 0.471. The highest BCUT2D eigenvalue weighted by atomic mass is 16.6. The van der Waals surface area contributed by atoms with Crippen LogP contribution in [0.25, 0.3) is 0 Å². The molecule has 0 spiro atoms. The number of hydrogen-bond donors (Lipinski definition) is 0. The number of carbonyl (C=O) groups excluding carboxylic acids is 3. The summed E-state index contributed by atoms with van der Waals surface area (Å²) in [6, 6.07) is 3.07. The van der Waals surface area contributed by atoms with Gasteiger partial charge in [-0.05, 0) is 12.1 Å². The number of esters is 3. The maximum absolute atomic E-state index is 12.3.